The fourth-order valence-corrected chi connectivity index (χ4v) is 12.3. The average Bonchev–Trinajstić information content (AvgIpc) is 3.54. The van der Waals surface area contributed by atoms with Gasteiger partial charge in [-0.15, -0.1) is 0 Å². The summed E-state index contributed by atoms with van der Waals surface area (Å²) in [6, 6.07) is 56.5. The first-order chi connectivity index (χ1) is 31.8. The van der Waals surface area contributed by atoms with Crippen molar-refractivity contribution in [2.75, 3.05) is 9.71 Å². The Bertz CT molecular complexity index is 3380. The van der Waals surface area contributed by atoms with Crippen molar-refractivity contribution in [3.63, 3.8) is 0 Å². The largest absolute Gasteiger partial charge is 0.450 e. The number of rotatable bonds is 3. The molecule has 0 atom stereocenters. The molecule has 5 heteroatoms. The highest BCUT2D eigenvalue weighted by Crippen LogP contribution is 2.57. The summed E-state index contributed by atoms with van der Waals surface area (Å²) in [6.45, 7) is 18.9. The lowest BCUT2D eigenvalue weighted by atomic mass is 9.43. The summed E-state index contributed by atoms with van der Waals surface area (Å²) >= 11 is 0. The second-order valence-corrected chi connectivity index (χ2v) is 21.3. The first-order valence-electron chi connectivity index (χ1n) is 23.7. The van der Waals surface area contributed by atoms with Gasteiger partial charge < -0.3 is 19.2 Å². The molecule has 2 aliphatic carbocycles. The van der Waals surface area contributed by atoms with Gasteiger partial charge in [0, 0.05) is 45.5 Å². The maximum absolute atomic E-state index is 6.82. The van der Waals surface area contributed by atoms with E-state index in [0.717, 1.165) is 40.8 Å². The van der Waals surface area contributed by atoms with E-state index in [0.29, 0.717) is 0 Å². The van der Waals surface area contributed by atoms with Crippen LogP contribution in [0.4, 0.5) is 28.4 Å². The van der Waals surface area contributed by atoms with Crippen molar-refractivity contribution in [3.05, 3.63) is 185 Å². The molecule has 3 heterocycles. The number of fused-ring (bicyclic) bond motifs is 10. The summed E-state index contributed by atoms with van der Waals surface area (Å²) in [5, 5.41) is 0. The Labute approximate surface area is 389 Å². The van der Waals surface area contributed by atoms with Crippen molar-refractivity contribution in [2.45, 2.75) is 84.5 Å². The minimum atomic E-state index is -0.193. The van der Waals surface area contributed by atoms with Crippen LogP contribution in [-0.2, 0) is 16.2 Å². The van der Waals surface area contributed by atoms with E-state index in [-0.39, 0.29) is 23.1 Å². The van der Waals surface area contributed by atoms with Crippen molar-refractivity contribution in [3.8, 4) is 56.4 Å². The molecule has 0 fully saturated rings. The van der Waals surface area contributed by atoms with Gasteiger partial charge in [-0.3, -0.25) is 0 Å². The molecule has 0 radical (unpaired) electrons. The highest BCUT2D eigenvalue weighted by Gasteiger charge is 2.48. The predicted molar refractivity (Wildman–Crippen MR) is 275 cm³/mol. The fraction of sp³-hybridized carbons (Fsp3) is 0.213. The zero-order chi connectivity index (χ0) is 45.0. The maximum Gasteiger partial charge on any atom is 0.333 e. The minimum Gasteiger partial charge on any atom is -0.450 e. The van der Waals surface area contributed by atoms with Crippen molar-refractivity contribution < 1.29 is 9.47 Å². The van der Waals surface area contributed by atoms with Crippen LogP contribution in [0.2, 0.25) is 0 Å². The summed E-state index contributed by atoms with van der Waals surface area (Å²) in [5.74, 6) is 2.90. The first-order valence-corrected chi connectivity index (χ1v) is 23.7. The summed E-state index contributed by atoms with van der Waals surface area (Å²) in [5.41, 5.74) is 24.0. The molecule has 0 amide bonds. The normalized spacial score (nSPS) is 16.9. The van der Waals surface area contributed by atoms with Crippen LogP contribution in [-0.4, -0.2) is 6.85 Å². The van der Waals surface area contributed by atoms with Gasteiger partial charge in [-0.1, -0.05) is 133 Å². The molecule has 0 aromatic heterocycles. The van der Waals surface area contributed by atoms with E-state index in [4.69, 9.17) is 9.47 Å². The lowest BCUT2D eigenvalue weighted by molar-refractivity contribution is 0.332. The van der Waals surface area contributed by atoms with Crippen LogP contribution in [0.25, 0.3) is 33.4 Å². The third-order valence-electron chi connectivity index (χ3n) is 15.9. The lowest BCUT2D eigenvalue weighted by Crippen LogP contribution is -2.61. The summed E-state index contributed by atoms with van der Waals surface area (Å²) in [6.07, 6.45) is 2.31. The van der Waals surface area contributed by atoms with Gasteiger partial charge >= 0.3 is 6.85 Å². The topological polar surface area (TPSA) is 24.9 Å². The van der Waals surface area contributed by atoms with Gasteiger partial charge in [-0.25, -0.2) is 0 Å². The van der Waals surface area contributed by atoms with Crippen molar-refractivity contribution in [1.29, 1.82) is 0 Å². The van der Waals surface area contributed by atoms with E-state index in [9.17, 15) is 0 Å². The second-order valence-electron chi connectivity index (χ2n) is 21.3. The molecule has 8 aromatic rings. The molecule has 3 aliphatic heterocycles. The number of anilines is 5. The van der Waals surface area contributed by atoms with Crippen LogP contribution >= 0.6 is 0 Å². The van der Waals surface area contributed by atoms with Gasteiger partial charge in [0.25, 0.3) is 0 Å². The van der Waals surface area contributed by atoms with Gasteiger partial charge in [0.05, 0.1) is 0 Å². The van der Waals surface area contributed by atoms with E-state index in [1.165, 1.54) is 101 Å². The molecule has 66 heavy (non-hydrogen) atoms. The number of hydrogen-bond acceptors (Lipinski definition) is 4. The Morgan fingerprint density at radius 2 is 1.08 bits per heavy atom. The zero-order valence-corrected chi connectivity index (χ0v) is 39.1. The molecule has 5 aliphatic rings. The molecule has 0 unspecified atom stereocenters. The van der Waals surface area contributed by atoms with Crippen molar-refractivity contribution >= 4 is 46.2 Å². The number of benzene rings is 8. The smallest absolute Gasteiger partial charge is 0.333 e. The first kappa shape index (κ1) is 39.4. The molecular formula is C61H53BN2O2. The molecule has 0 spiro atoms. The number of ether oxygens (including phenoxy) is 2. The van der Waals surface area contributed by atoms with Crippen LogP contribution in [0.3, 0.4) is 0 Å². The molecule has 0 saturated carbocycles. The van der Waals surface area contributed by atoms with Crippen LogP contribution in [0.5, 0.6) is 23.0 Å². The summed E-state index contributed by atoms with van der Waals surface area (Å²) in [4.78, 5) is 5.21. The summed E-state index contributed by atoms with van der Waals surface area (Å²) in [7, 11) is 0. The van der Waals surface area contributed by atoms with Crippen LogP contribution < -0.4 is 30.1 Å². The van der Waals surface area contributed by atoms with Gasteiger partial charge in [-0.2, -0.15) is 0 Å². The third kappa shape index (κ3) is 5.52. The van der Waals surface area contributed by atoms with Gasteiger partial charge in [-0.05, 0) is 164 Å². The lowest BCUT2D eigenvalue weighted by Gasteiger charge is -2.47. The number of aryl methyl sites for hydroxylation is 2. The predicted octanol–water partition coefficient (Wildman–Crippen LogP) is 15.2. The van der Waals surface area contributed by atoms with E-state index >= 15 is 0 Å². The van der Waals surface area contributed by atoms with Crippen LogP contribution in [0, 0.1) is 13.8 Å². The Hall–Kier alpha value is -6.98. The molecule has 13 rings (SSSR count). The Morgan fingerprint density at radius 3 is 1.80 bits per heavy atom. The maximum atomic E-state index is 6.82. The number of hydrogen-bond donors (Lipinski definition) is 0. The minimum absolute atomic E-state index is 0.0309. The van der Waals surface area contributed by atoms with Gasteiger partial charge in [0.1, 0.15) is 0 Å². The Kier molecular flexibility index (Phi) is 8.09. The molecule has 4 nitrogen and oxygen atoms in total. The van der Waals surface area contributed by atoms with E-state index in [1.54, 1.807) is 0 Å². The molecule has 0 N–H and O–H groups in total. The molecule has 8 aromatic carbocycles. The fourth-order valence-electron chi connectivity index (χ4n) is 12.3. The second kappa shape index (κ2) is 13.5. The zero-order valence-electron chi connectivity index (χ0n) is 39.1. The average molecular weight is 857 g/mol. The van der Waals surface area contributed by atoms with E-state index < -0.39 is 0 Å². The SMILES string of the molecule is Cc1cc2c3c(c1)N(c1cc4c(cc1C)C(C)(C)CCC4(C)C)c1cc4c(cc1B3N(c1ccc(-c3ccccc3)cc1)c1cc3c(cc1-2)-c1ccccc1C3(C)C)Oc1ccccc1O4. The number of para-hydroxylation sites is 2. The third-order valence-corrected chi connectivity index (χ3v) is 15.9. The van der Waals surface area contributed by atoms with Gasteiger partial charge in [0.15, 0.2) is 23.0 Å². The van der Waals surface area contributed by atoms with Crippen LogP contribution in [0.15, 0.2) is 152 Å². The standard InChI is InChI=1S/C61H53BN2O2/c1-36-28-44-43-31-42-41-18-12-13-19-45(41)61(7,8)46(42)32-51(43)64(40-24-22-39(23-25-40)38-16-10-9-11-17-38)62-49-34-56-57(66-55-21-15-14-20-54(55)65-56)35-52(49)63(53(29-36)58(44)62)50-33-48-47(30-37(50)2)59(3,4)26-27-60(48,5)6/h9-25,28-35H,26-27H2,1-8H3. The van der Waals surface area contributed by atoms with Crippen molar-refractivity contribution in [2.24, 2.45) is 0 Å². The van der Waals surface area contributed by atoms with Crippen molar-refractivity contribution in [1.82, 2.24) is 0 Å². The molecule has 0 saturated heterocycles. The van der Waals surface area contributed by atoms with Crippen LogP contribution in [0.1, 0.15) is 87.8 Å². The number of nitrogens with zero attached hydrogens (tertiary/aromatic N) is 2. The molecule has 0 bridgehead atoms. The highest BCUT2D eigenvalue weighted by atomic mass is 16.6. The highest BCUT2D eigenvalue weighted by molar-refractivity contribution is 6.93. The molecular weight excluding hydrogens is 803 g/mol. The van der Waals surface area contributed by atoms with E-state index in [1.807, 2.05) is 24.3 Å². The summed E-state index contributed by atoms with van der Waals surface area (Å²) < 4.78 is 13.6. The monoisotopic (exact) mass is 856 g/mol. The molecule has 322 valence electrons. The van der Waals surface area contributed by atoms with Gasteiger partial charge in [0.2, 0.25) is 0 Å². The Morgan fingerprint density at radius 1 is 0.455 bits per heavy atom. The quantitative estimate of drug-likeness (QED) is 0.165. The Balaban J connectivity index is 1.12. The van der Waals surface area contributed by atoms with E-state index in [2.05, 4.69) is 192 Å².